The van der Waals surface area contributed by atoms with Gasteiger partial charge in [0.15, 0.2) is 0 Å². The first kappa shape index (κ1) is 16.1. The van der Waals surface area contributed by atoms with Crippen LogP contribution in [-0.2, 0) is 6.54 Å². The first-order valence-electron chi connectivity index (χ1n) is 8.12. The SMILES string of the molecule is Cc1nc2ccncc2cc1C(=O)N(Cc1ccccc1)C(C)C. The molecule has 0 aliphatic heterocycles. The molecule has 24 heavy (non-hydrogen) atoms. The van der Waals surface area contributed by atoms with Gasteiger partial charge in [0, 0.05) is 30.4 Å². The number of carbonyl (C=O) groups excluding carboxylic acids is 1. The van der Waals surface area contributed by atoms with Crippen molar-refractivity contribution in [2.45, 2.75) is 33.4 Å². The molecule has 0 atom stereocenters. The van der Waals surface area contributed by atoms with E-state index >= 15 is 0 Å². The molecule has 1 amide bonds. The van der Waals surface area contributed by atoms with E-state index in [2.05, 4.69) is 9.97 Å². The summed E-state index contributed by atoms with van der Waals surface area (Å²) >= 11 is 0. The Balaban J connectivity index is 1.97. The van der Waals surface area contributed by atoms with Crippen LogP contribution < -0.4 is 0 Å². The number of rotatable bonds is 4. The van der Waals surface area contributed by atoms with Crippen molar-refractivity contribution >= 4 is 16.8 Å². The van der Waals surface area contributed by atoms with Gasteiger partial charge in [-0.15, -0.1) is 0 Å². The van der Waals surface area contributed by atoms with E-state index in [-0.39, 0.29) is 11.9 Å². The molecule has 0 saturated heterocycles. The maximum atomic E-state index is 13.1. The molecule has 0 aliphatic carbocycles. The summed E-state index contributed by atoms with van der Waals surface area (Å²) in [5, 5.41) is 0.884. The van der Waals surface area contributed by atoms with Gasteiger partial charge in [-0.2, -0.15) is 0 Å². The lowest BCUT2D eigenvalue weighted by Gasteiger charge is -2.27. The Bertz CT molecular complexity index is 859. The van der Waals surface area contributed by atoms with Crippen molar-refractivity contribution < 1.29 is 4.79 Å². The quantitative estimate of drug-likeness (QED) is 0.730. The van der Waals surface area contributed by atoms with Crippen molar-refractivity contribution in [3.63, 3.8) is 0 Å². The minimum Gasteiger partial charge on any atom is -0.332 e. The van der Waals surface area contributed by atoms with E-state index in [1.54, 1.807) is 12.4 Å². The summed E-state index contributed by atoms with van der Waals surface area (Å²) in [7, 11) is 0. The zero-order valence-corrected chi connectivity index (χ0v) is 14.2. The number of nitrogens with zero attached hydrogens (tertiary/aromatic N) is 3. The number of carbonyl (C=O) groups is 1. The molecular formula is C20H21N3O. The zero-order valence-electron chi connectivity index (χ0n) is 14.2. The van der Waals surface area contributed by atoms with Crippen LogP contribution in [0.2, 0.25) is 0 Å². The molecule has 0 aliphatic rings. The summed E-state index contributed by atoms with van der Waals surface area (Å²) in [6.07, 6.45) is 3.46. The van der Waals surface area contributed by atoms with E-state index in [0.717, 1.165) is 22.2 Å². The Morgan fingerprint density at radius 2 is 1.92 bits per heavy atom. The molecule has 0 fully saturated rings. The van der Waals surface area contributed by atoms with Crippen molar-refractivity contribution in [3.8, 4) is 0 Å². The Morgan fingerprint density at radius 3 is 2.62 bits per heavy atom. The smallest absolute Gasteiger partial charge is 0.256 e. The molecule has 0 saturated carbocycles. The third-order valence-electron chi connectivity index (χ3n) is 4.12. The number of aromatic nitrogens is 2. The number of benzene rings is 1. The highest BCUT2D eigenvalue weighted by molar-refractivity contribution is 5.98. The molecule has 1 aromatic carbocycles. The molecule has 0 bridgehead atoms. The van der Waals surface area contributed by atoms with E-state index in [9.17, 15) is 4.79 Å². The van der Waals surface area contributed by atoms with E-state index in [1.807, 2.05) is 68.1 Å². The summed E-state index contributed by atoms with van der Waals surface area (Å²) in [5.74, 6) is 0.00426. The second-order valence-corrected chi connectivity index (χ2v) is 6.20. The number of amides is 1. The van der Waals surface area contributed by atoms with Gasteiger partial charge in [-0.25, -0.2) is 0 Å². The van der Waals surface area contributed by atoms with Gasteiger partial charge in [0.05, 0.1) is 16.8 Å². The van der Waals surface area contributed by atoms with Gasteiger partial charge in [-0.3, -0.25) is 14.8 Å². The Hall–Kier alpha value is -2.75. The fourth-order valence-electron chi connectivity index (χ4n) is 2.75. The summed E-state index contributed by atoms with van der Waals surface area (Å²) in [4.78, 5) is 23.7. The minimum atomic E-state index is 0.00426. The molecule has 4 heteroatoms. The predicted octanol–water partition coefficient (Wildman–Crippen LogP) is 3.99. The van der Waals surface area contributed by atoms with Crippen molar-refractivity contribution in [1.82, 2.24) is 14.9 Å². The van der Waals surface area contributed by atoms with Crippen LogP contribution in [0.4, 0.5) is 0 Å². The van der Waals surface area contributed by atoms with E-state index in [0.29, 0.717) is 12.1 Å². The van der Waals surface area contributed by atoms with Crippen LogP contribution in [0.25, 0.3) is 10.9 Å². The molecule has 0 spiro atoms. The molecule has 0 N–H and O–H groups in total. The van der Waals surface area contributed by atoms with Crippen LogP contribution in [0.15, 0.2) is 54.9 Å². The molecule has 0 radical (unpaired) electrons. The van der Waals surface area contributed by atoms with Gasteiger partial charge in [-0.1, -0.05) is 30.3 Å². The van der Waals surface area contributed by atoms with Gasteiger partial charge in [-0.05, 0) is 38.5 Å². The fourth-order valence-corrected chi connectivity index (χ4v) is 2.75. The number of hydrogen-bond donors (Lipinski definition) is 0. The average molecular weight is 319 g/mol. The number of pyridine rings is 2. The number of hydrogen-bond acceptors (Lipinski definition) is 3. The third-order valence-corrected chi connectivity index (χ3v) is 4.12. The van der Waals surface area contributed by atoms with Crippen LogP contribution in [0.3, 0.4) is 0 Å². The predicted molar refractivity (Wildman–Crippen MR) is 95.7 cm³/mol. The normalized spacial score (nSPS) is 11.0. The highest BCUT2D eigenvalue weighted by atomic mass is 16.2. The van der Waals surface area contributed by atoms with Gasteiger partial charge in [0.1, 0.15) is 0 Å². The molecule has 2 heterocycles. The maximum Gasteiger partial charge on any atom is 0.256 e. The van der Waals surface area contributed by atoms with Crippen molar-refractivity contribution in [3.05, 3.63) is 71.7 Å². The number of aryl methyl sites for hydroxylation is 1. The maximum absolute atomic E-state index is 13.1. The van der Waals surface area contributed by atoms with Crippen molar-refractivity contribution in [2.24, 2.45) is 0 Å². The molecule has 0 unspecified atom stereocenters. The highest BCUT2D eigenvalue weighted by Gasteiger charge is 2.21. The third kappa shape index (κ3) is 3.27. The van der Waals surface area contributed by atoms with E-state index in [1.165, 1.54) is 0 Å². The van der Waals surface area contributed by atoms with Gasteiger partial charge in [0.25, 0.3) is 5.91 Å². The van der Waals surface area contributed by atoms with Crippen molar-refractivity contribution in [1.29, 1.82) is 0 Å². The second-order valence-electron chi connectivity index (χ2n) is 6.20. The topological polar surface area (TPSA) is 46.1 Å². The van der Waals surface area contributed by atoms with Crippen LogP contribution in [0, 0.1) is 6.92 Å². The van der Waals surface area contributed by atoms with Gasteiger partial charge in [0.2, 0.25) is 0 Å². The Kier molecular flexibility index (Phi) is 4.56. The van der Waals surface area contributed by atoms with E-state index < -0.39 is 0 Å². The molecule has 122 valence electrons. The lowest BCUT2D eigenvalue weighted by molar-refractivity contribution is 0.0689. The van der Waals surface area contributed by atoms with Crippen molar-refractivity contribution in [2.75, 3.05) is 0 Å². The molecule has 4 nitrogen and oxygen atoms in total. The molecule has 3 aromatic rings. The highest BCUT2D eigenvalue weighted by Crippen LogP contribution is 2.19. The van der Waals surface area contributed by atoms with E-state index in [4.69, 9.17) is 0 Å². The summed E-state index contributed by atoms with van der Waals surface area (Å²) in [6, 6.07) is 13.9. The lowest BCUT2D eigenvalue weighted by atomic mass is 10.1. The average Bonchev–Trinajstić information content (AvgIpc) is 2.59. The van der Waals surface area contributed by atoms with Crippen LogP contribution >= 0.6 is 0 Å². The van der Waals surface area contributed by atoms with Crippen LogP contribution in [0.1, 0.15) is 35.5 Å². The summed E-state index contributed by atoms with van der Waals surface area (Å²) < 4.78 is 0. The van der Waals surface area contributed by atoms with Gasteiger partial charge >= 0.3 is 0 Å². The standard InChI is InChI=1S/C20H21N3O/c1-14(2)23(13-16-7-5-4-6-8-16)20(24)18-11-17-12-21-10-9-19(17)22-15(18)3/h4-12,14H,13H2,1-3H3. The first-order chi connectivity index (χ1) is 11.6. The monoisotopic (exact) mass is 319 g/mol. The molecule has 2 aromatic heterocycles. The summed E-state index contributed by atoms with van der Waals surface area (Å²) in [6.45, 7) is 6.54. The minimum absolute atomic E-state index is 0.00426. The van der Waals surface area contributed by atoms with Gasteiger partial charge < -0.3 is 4.90 Å². The number of fused-ring (bicyclic) bond motifs is 1. The summed E-state index contributed by atoms with van der Waals surface area (Å²) in [5.41, 5.74) is 3.36. The molecule has 3 rings (SSSR count). The molecular weight excluding hydrogens is 298 g/mol. The van der Waals surface area contributed by atoms with Crippen LogP contribution in [-0.4, -0.2) is 26.8 Å². The Morgan fingerprint density at radius 1 is 1.17 bits per heavy atom. The zero-order chi connectivity index (χ0) is 17.1. The van der Waals surface area contributed by atoms with Crippen LogP contribution in [0.5, 0.6) is 0 Å². The lowest BCUT2D eigenvalue weighted by Crippen LogP contribution is -2.36. The Labute approximate surface area is 142 Å². The largest absolute Gasteiger partial charge is 0.332 e. The first-order valence-corrected chi connectivity index (χ1v) is 8.12. The second kappa shape index (κ2) is 6.79. The fraction of sp³-hybridized carbons (Fsp3) is 0.250.